The molecule has 2 aliphatic carbocycles. The van der Waals surface area contributed by atoms with Crippen LogP contribution in [0.4, 0.5) is 0 Å². The molecule has 3 fully saturated rings. The lowest BCUT2D eigenvalue weighted by atomic mass is 9.89. The molecule has 0 unspecified atom stereocenters. The molecule has 0 aromatic rings. The van der Waals surface area contributed by atoms with Crippen molar-refractivity contribution in [3.05, 3.63) is 0 Å². The zero-order valence-electron chi connectivity index (χ0n) is 12.5. The van der Waals surface area contributed by atoms with E-state index in [1.807, 2.05) is 4.90 Å². The second kappa shape index (κ2) is 6.34. The average Bonchev–Trinajstić information content (AvgIpc) is 3.20. The van der Waals surface area contributed by atoms with E-state index in [0.717, 1.165) is 19.4 Å². The zero-order chi connectivity index (χ0) is 14.8. The van der Waals surface area contributed by atoms with E-state index in [9.17, 15) is 9.59 Å². The first kappa shape index (κ1) is 14.8. The van der Waals surface area contributed by atoms with Gasteiger partial charge in [0.15, 0.2) is 6.10 Å². The Morgan fingerprint density at radius 1 is 0.952 bits per heavy atom. The first-order chi connectivity index (χ1) is 10.1. The molecule has 3 aliphatic rings. The Bertz CT molecular complexity index is 401. The van der Waals surface area contributed by atoms with Gasteiger partial charge in [0.2, 0.25) is 0 Å². The van der Waals surface area contributed by atoms with Crippen LogP contribution >= 0.6 is 0 Å². The average molecular weight is 295 g/mol. The van der Waals surface area contributed by atoms with Crippen molar-refractivity contribution in [2.24, 2.45) is 5.92 Å². The maximum Gasteiger partial charge on any atom is 0.332 e. The summed E-state index contributed by atoms with van der Waals surface area (Å²) in [5.74, 6) is -0.289. The molecule has 0 aromatic carbocycles. The van der Waals surface area contributed by atoms with E-state index in [1.54, 1.807) is 0 Å². The highest BCUT2D eigenvalue weighted by molar-refractivity contribution is 5.83. The monoisotopic (exact) mass is 295 g/mol. The molecule has 1 N–H and O–H groups in total. The van der Waals surface area contributed by atoms with Crippen molar-refractivity contribution in [1.82, 2.24) is 4.90 Å². The first-order valence-corrected chi connectivity index (χ1v) is 8.34. The lowest BCUT2D eigenvalue weighted by molar-refractivity contribution is -0.155. The van der Waals surface area contributed by atoms with Crippen molar-refractivity contribution in [3.63, 3.8) is 0 Å². The van der Waals surface area contributed by atoms with E-state index >= 15 is 0 Å². The lowest BCUT2D eigenvalue weighted by Crippen LogP contribution is -2.43. The van der Waals surface area contributed by atoms with E-state index in [4.69, 9.17) is 9.84 Å². The maximum absolute atomic E-state index is 12.7. The third kappa shape index (κ3) is 3.57. The summed E-state index contributed by atoms with van der Waals surface area (Å²) in [6, 6.07) is 0.381. The van der Waals surface area contributed by atoms with Crippen molar-refractivity contribution < 1.29 is 19.4 Å². The Hall–Kier alpha value is -1.10. The first-order valence-electron chi connectivity index (χ1n) is 8.34. The predicted octanol–water partition coefficient (Wildman–Crippen LogP) is 2.19. The van der Waals surface area contributed by atoms with Gasteiger partial charge in [-0.05, 0) is 44.4 Å². The molecule has 21 heavy (non-hydrogen) atoms. The van der Waals surface area contributed by atoms with Crippen LogP contribution < -0.4 is 0 Å². The summed E-state index contributed by atoms with van der Waals surface area (Å²) in [6.07, 6.45) is 8.17. The molecule has 1 saturated heterocycles. The number of carbonyl (C=O) groups excluding carboxylic acids is 1. The Labute approximate surface area is 125 Å². The number of hydrogen-bond acceptors (Lipinski definition) is 3. The Morgan fingerprint density at radius 3 is 2.19 bits per heavy atom. The van der Waals surface area contributed by atoms with E-state index in [1.165, 1.54) is 32.1 Å². The van der Waals surface area contributed by atoms with Crippen LogP contribution in [-0.4, -0.2) is 46.7 Å². The van der Waals surface area contributed by atoms with Gasteiger partial charge in [-0.1, -0.05) is 19.3 Å². The van der Waals surface area contributed by atoms with Crippen LogP contribution in [0.15, 0.2) is 0 Å². The Balaban J connectivity index is 1.58. The number of hydrogen-bond donors (Lipinski definition) is 1. The topological polar surface area (TPSA) is 66.8 Å². The van der Waals surface area contributed by atoms with Gasteiger partial charge in [-0.25, -0.2) is 4.79 Å². The predicted molar refractivity (Wildman–Crippen MR) is 76.8 cm³/mol. The molecule has 1 amide bonds. The third-order valence-electron chi connectivity index (χ3n) is 5.02. The van der Waals surface area contributed by atoms with Gasteiger partial charge in [0.25, 0.3) is 5.91 Å². The fourth-order valence-electron chi connectivity index (χ4n) is 3.64. The number of aliphatic carboxylic acids is 1. The molecule has 5 nitrogen and oxygen atoms in total. The largest absolute Gasteiger partial charge is 0.479 e. The van der Waals surface area contributed by atoms with Gasteiger partial charge in [0.05, 0.1) is 0 Å². The Morgan fingerprint density at radius 2 is 1.62 bits per heavy atom. The van der Waals surface area contributed by atoms with Gasteiger partial charge in [0, 0.05) is 12.6 Å². The summed E-state index contributed by atoms with van der Waals surface area (Å²) >= 11 is 0. The van der Waals surface area contributed by atoms with Crippen molar-refractivity contribution in [3.8, 4) is 0 Å². The van der Waals surface area contributed by atoms with E-state index in [-0.39, 0.29) is 5.91 Å². The minimum atomic E-state index is -0.949. The lowest BCUT2D eigenvalue weighted by Gasteiger charge is -2.31. The van der Waals surface area contributed by atoms with Crippen molar-refractivity contribution in [1.29, 1.82) is 0 Å². The minimum Gasteiger partial charge on any atom is -0.479 e. The van der Waals surface area contributed by atoms with E-state index < -0.39 is 18.2 Å². The summed E-state index contributed by atoms with van der Waals surface area (Å²) < 4.78 is 5.44. The molecule has 1 heterocycles. The molecule has 0 radical (unpaired) electrons. The fourth-order valence-corrected chi connectivity index (χ4v) is 3.64. The molecule has 118 valence electrons. The van der Waals surface area contributed by atoms with Crippen molar-refractivity contribution in [2.45, 2.75) is 76.0 Å². The smallest absolute Gasteiger partial charge is 0.332 e. The van der Waals surface area contributed by atoms with Gasteiger partial charge in [-0.2, -0.15) is 0 Å². The van der Waals surface area contributed by atoms with Gasteiger partial charge >= 0.3 is 5.97 Å². The zero-order valence-corrected chi connectivity index (χ0v) is 12.5. The van der Waals surface area contributed by atoms with Gasteiger partial charge in [-0.3, -0.25) is 4.79 Å². The second-order valence-corrected chi connectivity index (χ2v) is 6.75. The van der Waals surface area contributed by atoms with Crippen LogP contribution in [0.3, 0.4) is 0 Å². The molecule has 3 rings (SSSR count). The molecule has 1 aliphatic heterocycles. The van der Waals surface area contributed by atoms with Crippen LogP contribution in [0.1, 0.15) is 57.8 Å². The third-order valence-corrected chi connectivity index (χ3v) is 5.02. The molecule has 2 saturated carbocycles. The minimum absolute atomic E-state index is 0.0341. The van der Waals surface area contributed by atoms with Crippen LogP contribution in [0.2, 0.25) is 0 Å². The quantitative estimate of drug-likeness (QED) is 0.844. The number of carboxylic acid groups (broad SMARTS) is 1. The number of amides is 1. The molecule has 0 spiro atoms. The maximum atomic E-state index is 12.7. The number of carboxylic acids is 1. The van der Waals surface area contributed by atoms with Crippen LogP contribution in [-0.2, 0) is 14.3 Å². The molecule has 5 heteroatoms. The van der Waals surface area contributed by atoms with Crippen LogP contribution in [0.25, 0.3) is 0 Å². The highest BCUT2D eigenvalue weighted by Gasteiger charge is 2.41. The number of ether oxygens (including phenoxy) is 1. The normalized spacial score (nSPS) is 30.3. The molecule has 2 atom stereocenters. The van der Waals surface area contributed by atoms with Crippen molar-refractivity contribution >= 4 is 11.9 Å². The summed E-state index contributed by atoms with van der Waals surface area (Å²) in [4.78, 5) is 25.6. The number of nitrogens with zero attached hydrogens (tertiary/aromatic N) is 1. The van der Waals surface area contributed by atoms with Crippen molar-refractivity contribution in [2.75, 3.05) is 6.54 Å². The molecular weight excluding hydrogens is 270 g/mol. The van der Waals surface area contributed by atoms with E-state index in [0.29, 0.717) is 24.8 Å². The Kier molecular flexibility index (Phi) is 4.48. The van der Waals surface area contributed by atoms with Gasteiger partial charge in [0.1, 0.15) is 6.10 Å². The SMILES string of the molecule is O=C(O)[C@H]1CC[C@@H](C(=O)N(CC2CCCCC2)C2CC2)O1. The van der Waals surface area contributed by atoms with E-state index in [2.05, 4.69) is 0 Å². The summed E-state index contributed by atoms with van der Waals surface area (Å²) in [6.45, 7) is 0.848. The number of rotatable bonds is 5. The van der Waals surface area contributed by atoms with Gasteiger partial charge < -0.3 is 14.7 Å². The summed E-state index contributed by atoms with van der Waals surface area (Å²) in [5.41, 5.74) is 0. The second-order valence-electron chi connectivity index (χ2n) is 6.75. The van der Waals surface area contributed by atoms with Gasteiger partial charge in [-0.15, -0.1) is 0 Å². The fraction of sp³-hybridized carbons (Fsp3) is 0.875. The molecular formula is C16H25NO4. The standard InChI is InChI=1S/C16H25NO4/c18-15(13-8-9-14(21-13)16(19)20)17(12-6-7-12)10-11-4-2-1-3-5-11/h11-14H,1-10H2,(H,19,20)/t13-,14+/m0/s1. The molecule has 0 aromatic heterocycles. The molecule has 0 bridgehead atoms. The summed E-state index contributed by atoms with van der Waals surface area (Å²) in [5, 5.41) is 8.98. The van der Waals surface area contributed by atoms with Crippen LogP contribution in [0.5, 0.6) is 0 Å². The highest BCUT2D eigenvalue weighted by atomic mass is 16.5. The number of carbonyl (C=O) groups is 2. The highest BCUT2D eigenvalue weighted by Crippen LogP contribution is 2.33. The van der Waals surface area contributed by atoms with Crippen LogP contribution in [0, 0.1) is 5.92 Å². The summed E-state index contributed by atoms with van der Waals surface area (Å²) in [7, 11) is 0.